The van der Waals surface area contributed by atoms with Crippen molar-refractivity contribution in [1.29, 1.82) is 0 Å². The van der Waals surface area contributed by atoms with E-state index in [0.717, 1.165) is 111 Å². The lowest BCUT2D eigenvalue weighted by molar-refractivity contribution is -0.114. The summed E-state index contributed by atoms with van der Waals surface area (Å²) in [5.74, 6) is 0.163. The van der Waals surface area contributed by atoms with Crippen molar-refractivity contribution in [1.82, 2.24) is 9.97 Å². The number of aromatic nitrogens is 2. The van der Waals surface area contributed by atoms with E-state index in [-0.39, 0.29) is 11.5 Å². The number of hydrogen-bond acceptors (Lipinski definition) is 4. The summed E-state index contributed by atoms with van der Waals surface area (Å²) in [6.45, 7) is 0. The Morgan fingerprint density at radius 1 is 0.333 bits per heavy atom. The van der Waals surface area contributed by atoms with Crippen LogP contribution in [0.1, 0.15) is 81.3 Å². The molecular weight excluding hydrogens is 841 g/mol. The molecule has 0 saturated heterocycles. The number of carbonyl (C=O) groups excluding carboxylic acids is 1. The zero-order valence-corrected chi connectivity index (χ0v) is 39.5. The fourth-order valence-corrected chi connectivity index (χ4v) is 10.0. The number of aliphatic hydroxyl groups is 1. The first kappa shape index (κ1) is 45.4. The third kappa shape index (κ3) is 11.8. The maximum Gasteiger partial charge on any atom is 0.159 e. The predicted octanol–water partition coefficient (Wildman–Crippen LogP) is 14.9. The zero-order valence-electron chi connectivity index (χ0n) is 39.5. The number of pyridine rings is 2. The Hall–Kier alpha value is -7.43. The van der Waals surface area contributed by atoms with E-state index < -0.39 is 0 Å². The molecule has 0 radical (unpaired) electrons. The monoisotopic (exact) mass is 900 g/mol. The van der Waals surface area contributed by atoms with Gasteiger partial charge in [-0.25, -0.2) is 9.97 Å². The lowest BCUT2D eigenvalue weighted by Crippen LogP contribution is -1.99. The predicted molar refractivity (Wildman–Crippen MR) is 285 cm³/mol. The van der Waals surface area contributed by atoms with Crippen LogP contribution in [0, 0.1) is 0 Å². The van der Waals surface area contributed by atoms with Crippen molar-refractivity contribution >= 4 is 27.6 Å². The highest BCUT2D eigenvalue weighted by atomic mass is 16.3. The van der Waals surface area contributed by atoms with E-state index in [1.165, 1.54) is 72.5 Å². The Labute approximate surface area is 407 Å². The summed E-state index contributed by atoms with van der Waals surface area (Å²) in [5, 5.41) is 13.0. The second-order valence-corrected chi connectivity index (χ2v) is 19.0. The molecule has 14 bridgehead atoms. The van der Waals surface area contributed by atoms with Crippen LogP contribution in [0.5, 0.6) is 0 Å². The summed E-state index contributed by atoms with van der Waals surface area (Å²) in [4.78, 5) is 23.1. The highest BCUT2D eigenvalue weighted by molar-refractivity contribution is 5.90. The highest BCUT2D eigenvalue weighted by Gasteiger charge is 2.12. The van der Waals surface area contributed by atoms with Gasteiger partial charge in [0.2, 0.25) is 0 Å². The third-order valence-electron chi connectivity index (χ3n) is 14.0. The maximum atomic E-state index is 12.8. The summed E-state index contributed by atoms with van der Waals surface area (Å²) in [7, 11) is 0. The maximum absolute atomic E-state index is 12.8. The third-order valence-corrected chi connectivity index (χ3v) is 14.0. The number of nitrogens with zero attached hydrogens (tertiary/aromatic N) is 2. The number of para-hydroxylation sites is 2. The van der Waals surface area contributed by atoms with E-state index >= 15 is 0 Å². The Kier molecular flexibility index (Phi) is 14.3. The van der Waals surface area contributed by atoms with Crippen LogP contribution < -0.4 is 0 Å². The molecule has 7 aromatic carbocycles. The average Bonchev–Trinajstić information content (AvgIpc) is 3.39. The van der Waals surface area contributed by atoms with Gasteiger partial charge in [-0.2, -0.15) is 0 Å². The molecule has 2 aromatic heterocycles. The van der Waals surface area contributed by atoms with Gasteiger partial charge in [0, 0.05) is 40.8 Å². The summed E-state index contributed by atoms with van der Waals surface area (Å²) in [6, 6.07) is 66.4. The minimum Gasteiger partial charge on any atom is -0.512 e. The number of ketones is 1. The molecule has 4 nitrogen and oxygen atoms in total. The number of fused-ring (bicyclic) bond motifs is 5. The van der Waals surface area contributed by atoms with Gasteiger partial charge >= 0.3 is 0 Å². The normalized spacial score (nSPS) is 14.6. The number of carbonyl (C=O) groups is 1. The lowest BCUT2D eigenvalue weighted by Gasteiger charge is -2.12. The molecule has 1 N–H and O–H groups in total. The number of rotatable bonds is 0. The van der Waals surface area contributed by atoms with Gasteiger partial charge in [0.05, 0.1) is 28.2 Å². The Bertz CT molecular complexity index is 3240. The van der Waals surface area contributed by atoms with Crippen molar-refractivity contribution in [2.75, 3.05) is 0 Å². The van der Waals surface area contributed by atoms with Crippen LogP contribution in [0.4, 0.5) is 0 Å². The second kappa shape index (κ2) is 21.7. The summed E-state index contributed by atoms with van der Waals surface area (Å²) >= 11 is 0. The van der Waals surface area contributed by atoms with Crippen molar-refractivity contribution in [2.45, 2.75) is 89.9 Å². The molecule has 0 saturated carbocycles. The molecule has 0 aliphatic heterocycles. The second-order valence-electron chi connectivity index (χ2n) is 19.0. The van der Waals surface area contributed by atoms with Crippen LogP contribution in [-0.4, -0.2) is 20.9 Å². The molecule has 4 aliphatic carbocycles. The van der Waals surface area contributed by atoms with Crippen molar-refractivity contribution in [3.63, 3.8) is 0 Å². The van der Waals surface area contributed by atoms with Crippen molar-refractivity contribution in [3.05, 3.63) is 249 Å². The molecule has 0 atom stereocenters. The van der Waals surface area contributed by atoms with Crippen molar-refractivity contribution in [3.8, 4) is 22.5 Å². The van der Waals surface area contributed by atoms with Gasteiger partial charge in [0.25, 0.3) is 0 Å². The molecule has 0 amide bonds. The van der Waals surface area contributed by atoms with Gasteiger partial charge in [0.15, 0.2) is 5.78 Å². The molecule has 0 spiro atoms. The van der Waals surface area contributed by atoms with E-state index in [2.05, 4.69) is 182 Å². The summed E-state index contributed by atoms with van der Waals surface area (Å²) < 4.78 is 0. The molecule has 0 fully saturated rings. The van der Waals surface area contributed by atoms with E-state index in [0.29, 0.717) is 12.8 Å². The van der Waals surface area contributed by atoms with E-state index in [1.54, 1.807) is 0 Å². The largest absolute Gasteiger partial charge is 0.512 e. The molecular formula is C65H60N2O2. The number of allylic oxidation sites excluding steroid dienone is 2. The van der Waals surface area contributed by atoms with E-state index in [4.69, 9.17) is 9.97 Å². The average molecular weight is 901 g/mol. The first-order chi connectivity index (χ1) is 33.9. The van der Waals surface area contributed by atoms with Gasteiger partial charge in [-0.3, -0.25) is 4.79 Å². The molecule has 13 rings (SSSR count). The first-order valence-corrected chi connectivity index (χ1v) is 25.1. The lowest BCUT2D eigenvalue weighted by atomic mass is 9.96. The van der Waals surface area contributed by atoms with E-state index in [9.17, 15) is 9.90 Å². The number of benzene rings is 7. The van der Waals surface area contributed by atoms with Crippen LogP contribution in [0.2, 0.25) is 0 Å². The number of aryl methyl sites for hydroxylation is 10. The van der Waals surface area contributed by atoms with Gasteiger partial charge in [0.1, 0.15) is 0 Å². The number of aliphatic hydroxyl groups excluding tert-OH is 1. The van der Waals surface area contributed by atoms with Crippen LogP contribution >= 0.6 is 0 Å². The molecule has 342 valence electrons. The Morgan fingerprint density at radius 3 is 1.16 bits per heavy atom. The standard InChI is InChI=1S/C65H60N2O2/c68-58-15-7-9-46-21-25-50(26-22-46)37-39-54-43-64(66-62-19-3-1-17-60(54)62)56-13-5-11-52(41-56)35-33-48-29-31-49(32-30-48)34-36-53-12-6-14-57(42-53)65-44-55(61-18-2-4-20-63(61)67-65)40-38-51-27-23-47(24-28-51)10-8-16-59(69)45-58/h1-6,11-14,17-32,41-45,68H,7-10,15-16,33-40H2. The Morgan fingerprint density at radius 2 is 0.710 bits per heavy atom. The molecule has 4 heteroatoms. The fraction of sp³-hybridized carbons (Fsp3) is 0.215. The van der Waals surface area contributed by atoms with Crippen LogP contribution in [-0.2, 0) is 69.0 Å². The quantitative estimate of drug-likeness (QED) is 0.165. The SMILES string of the molecule is O=C1C=C(O)CCCc2ccc(cc2)CCc2cc(nc3ccccc23)-c2cccc(c2)CCc2ccc(cc2)CCc2cccc(c2)-c2cc(c3ccccc3n2)CCc2ccc(cc2)CCC1. The minimum absolute atomic E-state index is 0.0120. The molecule has 69 heavy (non-hydrogen) atoms. The zero-order chi connectivity index (χ0) is 46.8. The van der Waals surface area contributed by atoms with Crippen LogP contribution in [0.3, 0.4) is 0 Å². The van der Waals surface area contributed by atoms with Gasteiger partial charge in [-0.05, 0) is 169 Å². The summed E-state index contributed by atoms with van der Waals surface area (Å²) in [5.41, 5.74) is 19.4. The minimum atomic E-state index is -0.0120. The topological polar surface area (TPSA) is 63.1 Å². The summed E-state index contributed by atoms with van der Waals surface area (Å²) in [6.07, 6.45) is 13.2. The van der Waals surface area contributed by atoms with Gasteiger partial charge in [-0.15, -0.1) is 0 Å². The van der Waals surface area contributed by atoms with Crippen LogP contribution in [0.15, 0.2) is 194 Å². The Balaban J connectivity index is 0.875. The number of hydrogen-bond donors (Lipinski definition) is 1. The molecule has 4 aliphatic rings. The van der Waals surface area contributed by atoms with Crippen molar-refractivity contribution < 1.29 is 9.90 Å². The van der Waals surface area contributed by atoms with Gasteiger partial charge in [-0.1, -0.05) is 146 Å². The molecule has 0 unspecified atom stereocenters. The highest BCUT2D eigenvalue weighted by Crippen LogP contribution is 2.29. The van der Waals surface area contributed by atoms with Crippen molar-refractivity contribution in [2.24, 2.45) is 0 Å². The van der Waals surface area contributed by atoms with E-state index in [1.807, 2.05) is 0 Å². The fourth-order valence-electron chi connectivity index (χ4n) is 10.0. The molecule has 2 heterocycles. The molecule has 9 aromatic rings. The van der Waals surface area contributed by atoms with Gasteiger partial charge < -0.3 is 5.11 Å². The first-order valence-electron chi connectivity index (χ1n) is 25.1. The van der Waals surface area contributed by atoms with Crippen LogP contribution in [0.25, 0.3) is 44.3 Å². The smallest absolute Gasteiger partial charge is 0.159 e.